The van der Waals surface area contributed by atoms with Gasteiger partial charge in [-0.25, -0.2) is 4.98 Å². The second-order valence-electron chi connectivity index (χ2n) is 6.34. The van der Waals surface area contributed by atoms with E-state index in [9.17, 15) is 0 Å². The number of hydrogen-bond acceptors (Lipinski definition) is 5. The maximum Gasteiger partial charge on any atom is 0.186 e. The fourth-order valence-electron chi connectivity index (χ4n) is 2.50. The van der Waals surface area contributed by atoms with Crippen molar-refractivity contribution in [2.75, 3.05) is 24.6 Å². The third-order valence-corrected chi connectivity index (χ3v) is 4.93. The van der Waals surface area contributed by atoms with E-state index < -0.39 is 0 Å². The molecular formula is C16H29N3OS. The van der Waals surface area contributed by atoms with Crippen molar-refractivity contribution in [2.24, 2.45) is 0 Å². The average Bonchev–Trinajstić information content (AvgIpc) is 2.89. The molecule has 1 aromatic heterocycles. The van der Waals surface area contributed by atoms with E-state index in [-0.39, 0.29) is 0 Å². The summed E-state index contributed by atoms with van der Waals surface area (Å²) in [6.45, 7) is 14.7. The fourth-order valence-corrected chi connectivity index (χ4v) is 3.70. The summed E-state index contributed by atoms with van der Waals surface area (Å²) in [6.07, 6.45) is 1.42. The van der Waals surface area contributed by atoms with Crippen molar-refractivity contribution in [1.82, 2.24) is 10.3 Å². The number of hydrogen-bond donors (Lipinski definition) is 1. The van der Waals surface area contributed by atoms with Crippen LogP contribution in [0, 0.1) is 0 Å². The van der Waals surface area contributed by atoms with E-state index in [2.05, 4.69) is 44.8 Å². The summed E-state index contributed by atoms with van der Waals surface area (Å²) in [4.78, 5) is 8.71. The number of thiazole rings is 1. The van der Waals surface area contributed by atoms with E-state index in [1.54, 1.807) is 0 Å². The van der Waals surface area contributed by atoms with Crippen LogP contribution in [0.25, 0.3) is 0 Å². The lowest BCUT2D eigenvalue weighted by Gasteiger charge is -2.32. The van der Waals surface area contributed by atoms with E-state index in [0.29, 0.717) is 18.1 Å². The van der Waals surface area contributed by atoms with Crippen molar-refractivity contribution in [1.29, 1.82) is 0 Å². The zero-order chi connectivity index (χ0) is 15.4. The van der Waals surface area contributed by atoms with Gasteiger partial charge in [-0.05, 0) is 12.3 Å². The van der Waals surface area contributed by atoms with Crippen LogP contribution in [0.3, 0.4) is 0 Å². The van der Waals surface area contributed by atoms with Crippen LogP contribution in [0.4, 0.5) is 5.13 Å². The standard InChI is InChI=1S/C16H29N3OS/c1-6-13-10-19(7-8-20-13)16-18-15(11(2)3)14(21-16)9-17-12(4)5/h11-13,17H,6-10H2,1-5H3. The van der Waals surface area contributed by atoms with E-state index in [1.807, 2.05) is 11.3 Å². The van der Waals surface area contributed by atoms with Gasteiger partial charge < -0.3 is 15.0 Å². The Bertz CT molecular complexity index is 445. The molecular weight excluding hydrogens is 282 g/mol. The molecule has 0 radical (unpaired) electrons. The minimum atomic E-state index is 0.349. The molecule has 21 heavy (non-hydrogen) atoms. The van der Waals surface area contributed by atoms with Crippen molar-refractivity contribution in [3.05, 3.63) is 10.6 Å². The number of ether oxygens (including phenoxy) is 1. The Morgan fingerprint density at radius 1 is 1.38 bits per heavy atom. The summed E-state index contributed by atoms with van der Waals surface area (Å²) in [6, 6.07) is 0.503. The van der Waals surface area contributed by atoms with Crippen molar-refractivity contribution in [2.45, 2.75) is 65.6 Å². The first-order valence-corrected chi connectivity index (χ1v) is 8.92. The lowest BCUT2D eigenvalue weighted by Crippen LogP contribution is -2.42. The smallest absolute Gasteiger partial charge is 0.186 e. The molecule has 1 aliphatic rings. The van der Waals surface area contributed by atoms with Gasteiger partial charge in [0.2, 0.25) is 0 Å². The van der Waals surface area contributed by atoms with Crippen LogP contribution in [0.15, 0.2) is 0 Å². The second kappa shape index (κ2) is 7.56. The molecule has 2 rings (SSSR count). The molecule has 0 amide bonds. The summed E-state index contributed by atoms with van der Waals surface area (Å²) in [5, 5.41) is 4.69. The number of rotatable bonds is 6. The molecule has 0 aliphatic carbocycles. The normalized spacial score (nSPS) is 19.8. The Morgan fingerprint density at radius 2 is 2.14 bits per heavy atom. The maximum absolute atomic E-state index is 5.77. The lowest BCUT2D eigenvalue weighted by atomic mass is 10.1. The molecule has 1 aliphatic heterocycles. The topological polar surface area (TPSA) is 37.4 Å². The zero-order valence-electron chi connectivity index (χ0n) is 14.0. The van der Waals surface area contributed by atoms with E-state index in [0.717, 1.165) is 32.7 Å². The molecule has 1 N–H and O–H groups in total. The number of nitrogens with one attached hydrogen (secondary N) is 1. The third-order valence-electron chi connectivity index (χ3n) is 3.80. The van der Waals surface area contributed by atoms with Gasteiger partial charge in [-0.2, -0.15) is 0 Å². The molecule has 2 heterocycles. The molecule has 0 saturated carbocycles. The molecule has 1 fully saturated rings. The molecule has 4 nitrogen and oxygen atoms in total. The largest absolute Gasteiger partial charge is 0.375 e. The van der Waals surface area contributed by atoms with Crippen LogP contribution in [0.1, 0.15) is 57.5 Å². The Kier molecular flexibility index (Phi) is 6.02. The van der Waals surface area contributed by atoms with Crippen LogP contribution in [-0.4, -0.2) is 36.8 Å². The van der Waals surface area contributed by atoms with Crippen LogP contribution < -0.4 is 10.2 Å². The van der Waals surface area contributed by atoms with Crippen LogP contribution in [0.5, 0.6) is 0 Å². The highest BCUT2D eigenvalue weighted by molar-refractivity contribution is 7.15. The zero-order valence-corrected chi connectivity index (χ0v) is 14.8. The molecule has 1 atom stereocenters. The quantitative estimate of drug-likeness (QED) is 0.874. The van der Waals surface area contributed by atoms with E-state index in [1.165, 1.54) is 15.7 Å². The monoisotopic (exact) mass is 311 g/mol. The van der Waals surface area contributed by atoms with Gasteiger partial charge in [0.1, 0.15) is 0 Å². The third kappa shape index (κ3) is 4.41. The predicted octanol–water partition coefficient (Wildman–Crippen LogP) is 3.38. The van der Waals surface area contributed by atoms with Gasteiger partial charge in [-0.3, -0.25) is 0 Å². The minimum Gasteiger partial charge on any atom is -0.375 e. The van der Waals surface area contributed by atoms with Gasteiger partial charge in [-0.15, -0.1) is 11.3 Å². The molecule has 1 saturated heterocycles. The van der Waals surface area contributed by atoms with E-state index in [4.69, 9.17) is 9.72 Å². The van der Waals surface area contributed by atoms with Crippen molar-refractivity contribution in [3.8, 4) is 0 Å². The number of aromatic nitrogens is 1. The summed E-state index contributed by atoms with van der Waals surface area (Å²) in [5.74, 6) is 0.474. The van der Waals surface area contributed by atoms with Crippen molar-refractivity contribution < 1.29 is 4.74 Å². The van der Waals surface area contributed by atoms with Crippen LogP contribution >= 0.6 is 11.3 Å². The highest BCUT2D eigenvalue weighted by Crippen LogP contribution is 2.32. The SMILES string of the molecule is CCC1CN(c2nc(C(C)C)c(CNC(C)C)s2)CCO1. The lowest BCUT2D eigenvalue weighted by molar-refractivity contribution is 0.0384. The van der Waals surface area contributed by atoms with Crippen LogP contribution in [0.2, 0.25) is 0 Å². The molecule has 120 valence electrons. The Balaban J connectivity index is 2.14. The Morgan fingerprint density at radius 3 is 2.76 bits per heavy atom. The van der Waals surface area contributed by atoms with Gasteiger partial charge in [0.15, 0.2) is 5.13 Å². The molecule has 5 heteroatoms. The second-order valence-corrected chi connectivity index (χ2v) is 7.40. The predicted molar refractivity (Wildman–Crippen MR) is 90.4 cm³/mol. The average molecular weight is 311 g/mol. The molecule has 0 aromatic carbocycles. The van der Waals surface area contributed by atoms with E-state index >= 15 is 0 Å². The Labute approximate surface area is 132 Å². The number of anilines is 1. The summed E-state index contributed by atoms with van der Waals surface area (Å²) < 4.78 is 5.77. The number of nitrogens with zero attached hydrogens (tertiary/aromatic N) is 2. The highest BCUT2D eigenvalue weighted by atomic mass is 32.1. The first kappa shape index (κ1) is 16.7. The summed E-state index contributed by atoms with van der Waals surface area (Å²) in [5.41, 5.74) is 1.25. The van der Waals surface area contributed by atoms with Crippen molar-refractivity contribution in [3.63, 3.8) is 0 Å². The molecule has 0 bridgehead atoms. The van der Waals surface area contributed by atoms with Crippen LogP contribution in [-0.2, 0) is 11.3 Å². The first-order valence-electron chi connectivity index (χ1n) is 8.10. The fraction of sp³-hybridized carbons (Fsp3) is 0.812. The molecule has 1 aromatic rings. The number of morpholine rings is 1. The summed E-state index contributed by atoms with van der Waals surface area (Å²) >= 11 is 1.85. The summed E-state index contributed by atoms with van der Waals surface area (Å²) in [7, 11) is 0. The Hall–Kier alpha value is -0.650. The van der Waals surface area contributed by atoms with Crippen molar-refractivity contribution >= 4 is 16.5 Å². The highest BCUT2D eigenvalue weighted by Gasteiger charge is 2.23. The minimum absolute atomic E-state index is 0.349. The van der Waals surface area contributed by atoms with Gasteiger partial charge in [0, 0.05) is 30.6 Å². The van der Waals surface area contributed by atoms with Gasteiger partial charge in [-0.1, -0.05) is 34.6 Å². The van der Waals surface area contributed by atoms with Gasteiger partial charge in [0.05, 0.1) is 18.4 Å². The maximum atomic E-state index is 5.77. The molecule has 0 spiro atoms. The molecule has 1 unspecified atom stereocenters. The first-order chi connectivity index (χ1) is 10.0. The van der Waals surface area contributed by atoms with Gasteiger partial charge >= 0.3 is 0 Å². The van der Waals surface area contributed by atoms with Gasteiger partial charge in [0.25, 0.3) is 0 Å².